The van der Waals surface area contributed by atoms with Gasteiger partial charge < -0.3 is 10.0 Å². The SMILES string of the molecule is Cc1cc(C(=O)N2C[C@H](C(=O)O)[C@@H](C3CC3)C2)nc(C(F)(F)F)n1. The number of hydrogen-bond acceptors (Lipinski definition) is 4. The molecule has 2 heterocycles. The minimum Gasteiger partial charge on any atom is -0.481 e. The number of halogens is 3. The van der Waals surface area contributed by atoms with Crippen LogP contribution < -0.4 is 0 Å². The first kappa shape index (κ1) is 16.7. The lowest BCUT2D eigenvalue weighted by Crippen LogP contribution is -2.31. The Balaban J connectivity index is 1.84. The molecule has 0 bridgehead atoms. The molecule has 0 spiro atoms. The van der Waals surface area contributed by atoms with Crippen LogP contribution in [0.1, 0.15) is 34.8 Å². The van der Waals surface area contributed by atoms with Gasteiger partial charge in [-0.15, -0.1) is 0 Å². The third-order valence-corrected chi connectivity index (χ3v) is 4.52. The van der Waals surface area contributed by atoms with Gasteiger partial charge in [-0.2, -0.15) is 13.2 Å². The second-order valence-electron chi connectivity index (χ2n) is 6.37. The van der Waals surface area contributed by atoms with Gasteiger partial charge in [0.25, 0.3) is 5.91 Å². The monoisotopic (exact) mass is 343 g/mol. The molecule has 1 aromatic rings. The molecule has 0 aromatic carbocycles. The fourth-order valence-corrected chi connectivity index (χ4v) is 3.22. The summed E-state index contributed by atoms with van der Waals surface area (Å²) in [4.78, 5) is 31.8. The first-order valence-electron chi connectivity index (χ1n) is 7.61. The summed E-state index contributed by atoms with van der Waals surface area (Å²) in [5.74, 6) is -3.55. The van der Waals surface area contributed by atoms with Gasteiger partial charge in [-0.05, 0) is 37.7 Å². The second kappa shape index (κ2) is 5.71. The summed E-state index contributed by atoms with van der Waals surface area (Å²) < 4.78 is 38.4. The Morgan fingerprint density at radius 3 is 2.46 bits per heavy atom. The van der Waals surface area contributed by atoms with Crippen LogP contribution >= 0.6 is 0 Å². The Kier molecular flexibility index (Phi) is 3.97. The van der Waals surface area contributed by atoms with Crippen LogP contribution in [-0.4, -0.2) is 44.9 Å². The molecule has 1 N–H and O–H groups in total. The maximum atomic E-state index is 12.8. The summed E-state index contributed by atoms with van der Waals surface area (Å²) in [5.41, 5.74) is -0.316. The zero-order valence-corrected chi connectivity index (χ0v) is 12.9. The number of rotatable bonds is 3. The number of alkyl halides is 3. The summed E-state index contributed by atoms with van der Waals surface area (Å²) in [7, 11) is 0. The highest BCUT2D eigenvalue weighted by Crippen LogP contribution is 2.44. The number of aromatic nitrogens is 2. The molecule has 130 valence electrons. The molecule has 24 heavy (non-hydrogen) atoms. The Morgan fingerprint density at radius 2 is 1.92 bits per heavy atom. The summed E-state index contributed by atoms with van der Waals surface area (Å²) >= 11 is 0. The average molecular weight is 343 g/mol. The molecule has 1 aliphatic carbocycles. The zero-order valence-electron chi connectivity index (χ0n) is 12.9. The number of aryl methyl sites for hydroxylation is 1. The standard InChI is InChI=1S/C15H16F3N3O3/c1-7-4-11(20-14(19-7)15(16,17)18)12(22)21-5-9(8-2-3-8)10(6-21)13(23)24/h4,8-10H,2-3,5-6H2,1H3,(H,23,24)/t9-,10+/m1/s1. The summed E-state index contributed by atoms with van der Waals surface area (Å²) in [6.45, 7) is 1.59. The van der Waals surface area contributed by atoms with E-state index in [9.17, 15) is 27.9 Å². The lowest BCUT2D eigenvalue weighted by Gasteiger charge is -2.16. The predicted molar refractivity (Wildman–Crippen MR) is 75.0 cm³/mol. The van der Waals surface area contributed by atoms with Gasteiger partial charge in [-0.1, -0.05) is 0 Å². The Bertz CT molecular complexity index is 688. The quantitative estimate of drug-likeness (QED) is 0.907. The molecule has 1 saturated carbocycles. The second-order valence-corrected chi connectivity index (χ2v) is 6.37. The van der Waals surface area contributed by atoms with Gasteiger partial charge in [-0.3, -0.25) is 9.59 Å². The van der Waals surface area contributed by atoms with E-state index in [1.165, 1.54) is 17.9 Å². The van der Waals surface area contributed by atoms with Crippen molar-refractivity contribution in [2.24, 2.45) is 17.8 Å². The number of aliphatic carboxylic acids is 1. The molecule has 0 radical (unpaired) electrons. The van der Waals surface area contributed by atoms with Gasteiger partial charge in [0.15, 0.2) is 0 Å². The minimum absolute atomic E-state index is 0.000263. The van der Waals surface area contributed by atoms with Crippen molar-refractivity contribution in [1.82, 2.24) is 14.9 Å². The van der Waals surface area contributed by atoms with E-state index >= 15 is 0 Å². The van der Waals surface area contributed by atoms with Crippen LogP contribution in [0.15, 0.2) is 6.07 Å². The highest BCUT2D eigenvalue weighted by atomic mass is 19.4. The van der Waals surface area contributed by atoms with Crippen LogP contribution in [0.2, 0.25) is 0 Å². The van der Waals surface area contributed by atoms with E-state index in [4.69, 9.17) is 0 Å². The van der Waals surface area contributed by atoms with Gasteiger partial charge in [0.05, 0.1) is 5.92 Å². The highest BCUT2D eigenvalue weighted by Gasteiger charge is 2.47. The van der Waals surface area contributed by atoms with Crippen molar-refractivity contribution in [1.29, 1.82) is 0 Å². The molecule has 0 unspecified atom stereocenters. The van der Waals surface area contributed by atoms with Crippen LogP contribution in [0, 0.1) is 24.7 Å². The number of carbonyl (C=O) groups excluding carboxylic acids is 1. The fourth-order valence-electron chi connectivity index (χ4n) is 3.22. The van der Waals surface area contributed by atoms with E-state index in [-0.39, 0.29) is 36.3 Å². The van der Waals surface area contributed by atoms with Crippen LogP contribution in [0.4, 0.5) is 13.2 Å². The molecule has 1 aliphatic heterocycles. The number of carbonyl (C=O) groups is 2. The normalized spacial score (nSPS) is 24.2. The predicted octanol–water partition coefficient (Wildman–Crippen LogP) is 1.99. The number of amides is 1. The zero-order chi connectivity index (χ0) is 17.6. The van der Waals surface area contributed by atoms with Gasteiger partial charge in [0, 0.05) is 18.8 Å². The Morgan fingerprint density at radius 1 is 1.25 bits per heavy atom. The van der Waals surface area contributed by atoms with Crippen LogP contribution in [0.5, 0.6) is 0 Å². The summed E-state index contributed by atoms with van der Waals surface area (Å²) in [5, 5.41) is 9.31. The third-order valence-electron chi connectivity index (χ3n) is 4.52. The molecule has 3 rings (SSSR count). The molecular formula is C15H16F3N3O3. The first-order chi connectivity index (χ1) is 11.2. The maximum absolute atomic E-state index is 12.8. The van der Waals surface area contributed by atoms with Gasteiger partial charge >= 0.3 is 12.1 Å². The number of carboxylic acids is 1. The Labute approximate surface area is 135 Å². The van der Waals surface area contributed by atoms with Crippen molar-refractivity contribution >= 4 is 11.9 Å². The van der Waals surface area contributed by atoms with E-state index in [0.29, 0.717) is 0 Å². The molecule has 2 fully saturated rings. The van der Waals surface area contributed by atoms with Crippen molar-refractivity contribution in [3.63, 3.8) is 0 Å². The highest BCUT2D eigenvalue weighted by molar-refractivity contribution is 5.93. The Hall–Kier alpha value is -2.19. The molecule has 1 amide bonds. The van der Waals surface area contributed by atoms with Crippen LogP contribution in [0.3, 0.4) is 0 Å². The van der Waals surface area contributed by atoms with Gasteiger partial charge in [0.1, 0.15) is 5.69 Å². The number of nitrogens with zero attached hydrogens (tertiary/aromatic N) is 3. The minimum atomic E-state index is -4.74. The van der Waals surface area contributed by atoms with Gasteiger partial charge in [0.2, 0.25) is 5.82 Å². The molecule has 2 atom stereocenters. The molecule has 1 aromatic heterocycles. The summed E-state index contributed by atoms with van der Waals surface area (Å²) in [6, 6.07) is 1.19. The van der Waals surface area contributed by atoms with E-state index in [2.05, 4.69) is 9.97 Å². The lowest BCUT2D eigenvalue weighted by molar-refractivity contribution is -0.145. The number of likely N-dealkylation sites (tertiary alicyclic amines) is 1. The molecule has 1 saturated heterocycles. The van der Waals surface area contributed by atoms with E-state index < -0.39 is 29.8 Å². The van der Waals surface area contributed by atoms with Crippen molar-refractivity contribution in [3.8, 4) is 0 Å². The van der Waals surface area contributed by atoms with Crippen molar-refractivity contribution in [3.05, 3.63) is 23.3 Å². The van der Waals surface area contributed by atoms with Crippen molar-refractivity contribution in [2.75, 3.05) is 13.1 Å². The maximum Gasteiger partial charge on any atom is 0.451 e. The van der Waals surface area contributed by atoms with Crippen molar-refractivity contribution < 1.29 is 27.9 Å². The molecule has 6 nitrogen and oxygen atoms in total. The fraction of sp³-hybridized carbons (Fsp3) is 0.600. The lowest BCUT2D eigenvalue weighted by atomic mass is 9.92. The van der Waals surface area contributed by atoms with E-state index in [0.717, 1.165) is 12.8 Å². The van der Waals surface area contributed by atoms with Crippen molar-refractivity contribution in [2.45, 2.75) is 25.9 Å². The van der Waals surface area contributed by atoms with E-state index in [1.807, 2.05) is 0 Å². The third kappa shape index (κ3) is 3.20. The number of carboxylic acid groups (broad SMARTS) is 1. The smallest absolute Gasteiger partial charge is 0.451 e. The topological polar surface area (TPSA) is 83.4 Å². The average Bonchev–Trinajstić information content (AvgIpc) is 3.23. The van der Waals surface area contributed by atoms with Crippen LogP contribution in [0.25, 0.3) is 0 Å². The first-order valence-corrected chi connectivity index (χ1v) is 7.61. The largest absolute Gasteiger partial charge is 0.481 e. The summed E-state index contributed by atoms with van der Waals surface area (Å²) in [6.07, 6.45) is -2.88. The van der Waals surface area contributed by atoms with Gasteiger partial charge in [-0.25, -0.2) is 9.97 Å². The van der Waals surface area contributed by atoms with Crippen LogP contribution in [-0.2, 0) is 11.0 Å². The molecular weight excluding hydrogens is 327 g/mol. The number of hydrogen-bond donors (Lipinski definition) is 1. The van der Waals surface area contributed by atoms with E-state index in [1.54, 1.807) is 0 Å². The molecule has 9 heteroatoms. The molecule has 2 aliphatic rings.